The van der Waals surface area contributed by atoms with Crippen molar-refractivity contribution in [1.29, 1.82) is 0 Å². The second-order valence-corrected chi connectivity index (χ2v) is 4.95. The van der Waals surface area contributed by atoms with Crippen LogP contribution < -0.4 is 5.43 Å². The van der Waals surface area contributed by atoms with Crippen molar-refractivity contribution in [2.24, 2.45) is 5.10 Å². The number of nitrogens with one attached hydrogen (secondary N) is 1. The van der Waals surface area contributed by atoms with Crippen molar-refractivity contribution < 1.29 is 4.79 Å². The number of amides is 1. The minimum absolute atomic E-state index is 0.256. The van der Waals surface area contributed by atoms with E-state index < -0.39 is 0 Å². The van der Waals surface area contributed by atoms with Crippen molar-refractivity contribution in [2.45, 2.75) is 13.8 Å². The van der Waals surface area contributed by atoms with Crippen LogP contribution in [0.15, 0.2) is 53.6 Å². The molecule has 2 rings (SSSR count). The summed E-state index contributed by atoms with van der Waals surface area (Å²) >= 11 is 5.78. The van der Waals surface area contributed by atoms with Gasteiger partial charge in [0.25, 0.3) is 5.91 Å². The van der Waals surface area contributed by atoms with Crippen LogP contribution in [0.5, 0.6) is 0 Å². The van der Waals surface area contributed by atoms with E-state index in [1.54, 1.807) is 24.3 Å². The molecule has 0 unspecified atom stereocenters. The Morgan fingerprint density at radius 2 is 1.55 bits per heavy atom. The van der Waals surface area contributed by atoms with E-state index >= 15 is 0 Å². The van der Waals surface area contributed by atoms with Crippen LogP contribution in [0.2, 0.25) is 5.02 Å². The lowest BCUT2D eigenvalue weighted by Crippen LogP contribution is -2.19. The predicted molar refractivity (Wildman–Crippen MR) is 82.3 cm³/mol. The lowest BCUT2D eigenvalue weighted by molar-refractivity contribution is 0.0955. The molecule has 0 aliphatic heterocycles. The van der Waals surface area contributed by atoms with Gasteiger partial charge in [-0.1, -0.05) is 41.4 Å². The minimum Gasteiger partial charge on any atom is -0.267 e. The average molecular weight is 287 g/mol. The molecule has 1 amide bonds. The summed E-state index contributed by atoms with van der Waals surface area (Å²) in [5.74, 6) is -0.256. The fraction of sp³-hybridized carbons (Fsp3) is 0.125. The van der Waals surface area contributed by atoms with Crippen LogP contribution in [0.1, 0.15) is 28.4 Å². The number of hydrazone groups is 1. The van der Waals surface area contributed by atoms with Gasteiger partial charge in [-0.3, -0.25) is 4.79 Å². The Balaban J connectivity index is 2.06. The van der Waals surface area contributed by atoms with Gasteiger partial charge in [0.1, 0.15) is 0 Å². The Bertz CT molecular complexity index is 631. The molecule has 4 heteroatoms. The Hall–Kier alpha value is -2.13. The number of hydrogen-bond donors (Lipinski definition) is 1. The summed E-state index contributed by atoms with van der Waals surface area (Å²) in [6.07, 6.45) is 0. The molecule has 3 nitrogen and oxygen atoms in total. The molecule has 0 saturated carbocycles. The van der Waals surface area contributed by atoms with Crippen molar-refractivity contribution in [3.63, 3.8) is 0 Å². The summed E-state index contributed by atoms with van der Waals surface area (Å²) in [5, 5.41) is 4.70. The van der Waals surface area contributed by atoms with Crippen LogP contribution in [-0.2, 0) is 0 Å². The number of aryl methyl sites for hydroxylation is 1. The maximum Gasteiger partial charge on any atom is 0.271 e. The highest BCUT2D eigenvalue weighted by Gasteiger charge is 2.04. The van der Waals surface area contributed by atoms with E-state index in [4.69, 9.17) is 11.6 Å². The molecule has 1 N–H and O–H groups in total. The van der Waals surface area contributed by atoms with E-state index in [0.29, 0.717) is 10.6 Å². The van der Waals surface area contributed by atoms with Gasteiger partial charge in [-0.15, -0.1) is 0 Å². The average Bonchev–Trinajstić information content (AvgIpc) is 2.46. The summed E-state index contributed by atoms with van der Waals surface area (Å²) in [6.45, 7) is 3.88. The van der Waals surface area contributed by atoms with E-state index in [1.807, 2.05) is 38.1 Å². The Labute approximate surface area is 123 Å². The van der Waals surface area contributed by atoms with Crippen molar-refractivity contribution in [3.05, 3.63) is 70.2 Å². The number of hydrogen-bond acceptors (Lipinski definition) is 2. The molecule has 0 aliphatic rings. The third-order valence-corrected chi connectivity index (χ3v) is 3.15. The summed E-state index contributed by atoms with van der Waals surface area (Å²) < 4.78 is 0. The van der Waals surface area contributed by atoms with Gasteiger partial charge in [0.2, 0.25) is 0 Å². The third-order valence-electron chi connectivity index (χ3n) is 2.90. The van der Waals surface area contributed by atoms with Gasteiger partial charge in [-0.2, -0.15) is 5.10 Å². The summed E-state index contributed by atoms with van der Waals surface area (Å²) in [6, 6.07) is 14.6. The molecular formula is C16H15ClN2O. The maximum atomic E-state index is 11.9. The molecule has 2 aromatic rings. The SMILES string of the molecule is C/C(=N\NC(=O)c1ccc(Cl)cc1)c1ccc(C)cc1. The summed E-state index contributed by atoms with van der Waals surface area (Å²) in [5.41, 5.74) is 5.98. The lowest BCUT2D eigenvalue weighted by Gasteiger charge is -2.03. The van der Waals surface area contributed by atoms with Crippen LogP contribution >= 0.6 is 11.6 Å². The van der Waals surface area contributed by atoms with Crippen LogP contribution in [0.3, 0.4) is 0 Å². The summed E-state index contributed by atoms with van der Waals surface area (Å²) in [7, 11) is 0. The molecule has 20 heavy (non-hydrogen) atoms. The zero-order valence-electron chi connectivity index (χ0n) is 11.4. The molecule has 0 spiro atoms. The molecular weight excluding hydrogens is 272 g/mol. The van der Waals surface area contributed by atoms with Crippen LogP contribution in [-0.4, -0.2) is 11.6 Å². The first-order chi connectivity index (χ1) is 9.56. The highest BCUT2D eigenvalue weighted by atomic mass is 35.5. The Morgan fingerprint density at radius 3 is 2.15 bits per heavy atom. The van der Waals surface area contributed by atoms with Crippen molar-refractivity contribution in [3.8, 4) is 0 Å². The molecule has 0 aliphatic carbocycles. The Morgan fingerprint density at radius 1 is 1.00 bits per heavy atom. The van der Waals surface area contributed by atoms with E-state index in [0.717, 1.165) is 11.3 Å². The zero-order valence-corrected chi connectivity index (χ0v) is 12.1. The van der Waals surface area contributed by atoms with Gasteiger partial charge in [-0.05, 0) is 43.7 Å². The van der Waals surface area contributed by atoms with Gasteiger partial charge >= 0.3 is 0 Å². The Kier molecular flexibility index (Phi) is 4.53. The van der Waals surface area contributed by atoms with E-state index in [-0.39, 0.29) is 5.91 Å². The quantitative estimate of drug-likeness (QED) is 0.677. The van der Waals surface area contributed by atoms with Crippen molar-refractivity contribution in [1.82, 2.24) is 5.43 Å². The van der Waals surface area contributed by atoms with Crippen molar-refractivity contribution >= 4 is 23.2 Å². The second kappa shape index (κ2) is 6.35. The fourth-order valence-electron chi connectivity index (χ4n) is 1.66. The maximum absolute atomic E-state index is 11.9. The normalized spacial score (nSPS) is 11.2. The van der Waals surface area contributed by atoms with Gasteiger partial charge in [0.05, 0.1) is 5.71 Å². The number of rotatable bonds is 3. The van der Waals surface area contributed by atoms with Gasteiger partial charge < -0.3 is 0 Å². The smallest absolute Gasteiger partial charge is 0.267 e. The topological polar surface area (TPSA) is 41.5 Å². The molecule has 0 heterocycles. The van der Waals surface area contributed by atoms with E-state index in [2.05, 4.69) is 10.5 Å². The van der Waals surface area contributed by atoms with Crippen LogP contribution in [0.25, 0.3) is 0 Å². The first kappa shape index (κ1) is 14.3. The molecule has 0 atom stereocenters. The van der Waals surface area contributed by atoms with Gasteiger partial charge in [0, 0.05) is 10.6 Å². The zero-order chi connectivity index (χ0) is 14.5. The number of nitrogens with zero attached hydrogens (tertiary/aromatic N) is 1. The second-order valence-electron chi connectivity index (χ2n) is 4.51. The molecule has 0 aromatic heterocycles. The number of benzene rings is 2. The molecule has 0 bridgehead atoms. The summed E-state index contributed by atoms with van der Waals surface area (Å²) in [4.78, 5) is 11.9. The number of carbonyl (C=O) groups is 1. The highest BCUT2D eigenvalue weighted by molar-refractivity contribution is 6.30. The molecule has 0 radical (unpaired) electrons. The molecule has 0 fully saturated rings. The first-order valence-electron chi connectivity index (χ1n) is 6.23. The number of carbonyl (C=O) groups excluding carboxylic acids is 1. The van der Waals surface area contributed by atoms with Crippen LogP contribution in [0.4, 0.5) is 0 Å². The third kappa shape index (κ3) is 3.68. The van der Waals surface area contributed by atoms with Gasteiger partial charge in [0.15, 0.2) is 0 Å². The standard InChI is InChI=1S/C16H15ClN2O/c1-11-3-5-13(6-4-11)12(2)18-19-16(20)14-7-9-15(17)10-8-14/h3-10H,1-2H3,(H,19,20)/b18-12+. The van der Waals surface area contributed by atoms with Crippen molar-refractivity contribution in [2.75, 3.05) is 0 Å². The number of halogens is 1. The van der Waals surface area contributed by atoms with E-state index in [1.165, 1.54) is 5.56 Å². The molecule has 0 saturated heterocycles. The largest absolute Gasteiger partial charge is 0.271 e. The van der Waals surface area contributed by atoms with Crippen LogP contribution in [0, 0.1) is 6.92 Å². The predicted octanol–water partition coefficient (Wildman–Crippen LogP) is 3.80. The molecule has 2 aromatic carbocycles. The monoisotopic (exact) mass is 286 g/mol. The fourth-order valence-corrected chi connectivity index (χ4v) is 1.79. The first-order valence-corrected chi connectivity index (χ1v) is 6.61. The minimum atomic E-state index is -0.256. The van der Waals surface area contributed by atoms with E-state index in [9.17, 15) is 4.79 Å². The molecule has 102 valence electrons. The lowest BCUT2D eigenvalue weighted by atomic mass is 10.1. The highest BCUT2D eigenvalue weighted by Crippen LogP contribution is 2.09. The van der Waals surface area contributed by atoms with Gasteiger partial charge in [-0.25, -0.2) is 5.43 Å².